The van der Waals surface area contributed by atoms with Gasteiger partial charge in [-0.3, -0.25) is 0 Å². The number of hydrogen-bond donors (Lipinski definition) is 0. The predicted molar refractivity (Wildman–Crippen MR) is 156 cm³/mol. The topological polar surface area (TPSA) is 49.6 Å². The van der Waals surface area contributed by atoms with Crippen molar-refractivity contribution in [3.05, 3.63) is 133 Å². The number of para-hydroxylation sites is 1. The summed E-state index contributed by atoms with van der Waals surface area (Å²) < 4.78 is 0. The molecule has 3 nitrogen and oxygen atoms in total. The van der Waals surface area contributed by atoms with Crippen LogP contribution in [0.1, 0.15) is 5.56 Å². The molecule has 3 heteroatoms. The number of nitrogens with zero attached hydrogens (tertiary/aromatic N) is 3. The molecule has 0 bridgehead atoms. The Morgan fingerprint density at radius 2 is 1.08 bits per heavy atom. The second-order valence-electron chi connectivity index (χ2n) is 9.46. The molecule has 0 aliphatic rings. The Morgan fingerprint density at radius 3 is 1.82 bits per heavy atom. The summed E-state index contributed by atoms with van der Waals surface area (Å²) in [6, 6.07) is 44.0. The van der Waals surface area contributed by atoms with Crippen molar-refractivity contribution in [3.8, 4) is 39.7 Å². The van der Waals surface area contributed by atoms with Crippen LogP contribution in [0.5, 0.6) is 0 Å². The van der Waals surface area contributed by atoms with Crippen LogP contribution < -0.4 is 0 Å². The monoisotopic (exact) mass is 483 g/mol. The van der Waals surface area contributed by atoms with Crippen LogP contribution >= 0.6 is 0 Å². The van der Waals surface area contributed by atoms with Gasteiger partial charge in [0.05, 0.1) is 17.1 Å². The molecule has 1 aromatic heterocycles. The number of benzene rings is 6. The van der Waals surface area contributed by atoms with Crippen molar-refractivity contribution in [2.24, 2.45) is 0 Å². The average Bonchev–Trinajstić information content (AvgIpc) is 2.99. The highest BCUT2D eigenvalue weighted by molar-refractivity contribution is 5.98. The Bertz CT molecular complexity index is 2030. The van der Waals surface area contributed by atoms with Crippen molar-refractivity contribution < 1.29 is 0 Å². The van der Waals surface area contributed by atoms with Gasteiger partial charge in [-0.2, -0.15) is 5.26 Å². The quantitative estimate of drug-likeness (QED) is 0.252. The van der Waals surface area contributed by atoms with Gasteiger partial charge in [0.1, 0.15) is 0 Å². The molecule has 7 aromatic rings. The lowest BCUT2D eigenvalue weighted by Crippen LogP contribution is -1.93. The van der Waals surface area contributed by atoms with Gasteiger partial charge in [-0.05, 0) is 86.3 Å². The van der Waals surface area contributed by atoms with Crippen LogP contribution in [0.25, 0.3) is 66.1 Å². The second-order valence-corrected chi connectivity index (χ2v) is 9.46. The van der Waals surface area contributed by atoms with Gasteiger partial charge in [-0.15, -0.1) is 0 Å². The van der Waals surface area contributed by atoms with Crippen LogP contribution in [0.15, 0.2) is 128 Å². The van der Waals surface area contributed by atoms with Crippen LogP contribution in [-0.2, 0) is 0 Å². The zero-order valence-electron chi connectivity index (χ0n) is 20.5. The Balaban J connectivity index is 1.37. The minimum absolute atomic E-state index is 0.667. The predicted octanol–water partition coefficient (Wildman–Crippen LogP) is 8.81. The number of nitriles is 1. The molecule has 0 saturated carbocycles. The maximum atomic E-state index is 9.10. The number of rotatable bonds is 3. The fraction of sp³-hybridized carbons (Fsp3) is 0. The zero-order valence-corrected chi connectivity index (χ0v) is 20.5. The summed E-state index contributed by atoms with van der Waals surface area (Å²) in [5.74, 6) is 0.723. The van der Waals surface area contributed by atoms with E-state index in [4.69, 9.17) is 15.2 Å². The third-order valence-electron chi connectivity index (χ3n) is 7.11. The highest BCUT2D eigenvalue weighted by atomic mass is 14.9. The molecular weight excluding hydrogens is 462 g/mol. The molecule has 0 fully saturated rings. The minimum atomic E-state index is 0.667. The molecule has 0 radical (unpaired) electrons. The van der Waals surface area contributed by atoms with E-state index in [0.29, 0.717) is 5.56 Å². The first-order valence-corrected chi connectivity index (χ1v) is 12.5. The van der Waals surface area contributed by atoms with Gasteiger partial charge in [0, 0.05) is 17.1 Å². The molecule has 0 amide bonds. The van der Waals surface area contributed by atoms with Crippen molar-refractivity contribution in [3.63, 3.8) is 0 Å². The van der Waals surface area contributed by atoms with Gasteiger partial charge < -0.3 is 0 Å². The standard InChI is InChI=1S/C35H21N3/c36-21-23-9-11-24(12-10-23)27-13-14-29-18-30(16-15-28(29)17-27)32-19-25-5-1-2-6-26(25)20-33(32)35-37-22-31-7-3-4-8-34(31)38-35/h1-20,22H. The summed E-state index contributed by atoms with van der Waals surface area (Å²) in [6.45, 7) is 0. The van der Waals surface area contributed by atoms with E-state index in [1.807, 2.05) is 54.7 Å². The van der Waals surface area contributed by atoms with Crippen molar-refractivity contribution in [2.45, 2.75) is 0 Å². The van der Waals surface area contributed by atoms with E-state index in [1.54, 1.807) is 0 Å². The smallest absolute Gasteiger partial charge is 0.160 e. The van der Waals surface area contributed by atoms with E-state index in [-0.39, 0.29) is 0 Å². The van der Waals surface area contributed by atoms with E-state index >= 15 is 0 Å². The maximum absolute atomic E-state index is 9.10. The fourth-order valence-electron chi connectivity index (χ4n) is 5.10. The van der Waals surface area contributed by atoms with E-state index < -0.39 is 0 Å². The van der Waals surface area contributed by atoms with Crippen molar-refractivity contribution in [2.75, 3.05) is 0 Å². The largest absolute Gasteiger partial charge is 0.236 e. The summed E-state index contributed by atoms with van der Waals surface area (Å²) in [6.07, 6.45) is 1.90. The van der Waals surface area contributed by atoms with E-state index in [9.17, 15) is 0 Å². The average molecular weight is 484 g/mol. The summed E-state index contributed by atoms with van der Waals surface area (Å²) in [5.41, 5.74) is 7.08. The Labute approximate surface area is 220 Å². The lowest BCUT2D eigenvalue weighted by molar-refractivity contribution is 1.23. The number of aromatic nitrogens is 2. The van der Waals surface area contributed by atoms with E-state index in [0.717, 1.165) is 49.9 Å². The van der Waals surface area contributed by atoms with Crippen molar-refractivity contribution in [1.82, 2.24) is 9.97 Å². The lowest BCUT2D eigenvalue weighted by Gasteiger charge is -2.13. The van der Waals surface area contributed by atoms with Crippen LogP contribution in [0.4, 0.5) is 0 Å². The SMILES string of the molecule is N#Cc1ccc(-c2ccc3cc(-c4cc5ccccc5cc4-c4ncc5ccccc5n4)ccc3c2)cc1. The summed E-state index contributed by atoms with van der Waals surface area (Å²) in [4.78, 5) is 9.69. The first kappa shape index (κ1) is 21.9. The van der Waals surface area contributed by atoms with Crippen LogP contribution in [-0.4, -0.2) is 9.97 Å². The molecular formula is C35H21N3. The summed E-state index contributed by atoms with van der Waals surface area (Å²) in [7, 11) is 0. The van der Waals surface area contributed by atoms with Gasteiger partial charge in [0.2, 0.25) is 0 Å². The van der Waals surface area contributed by atoms with E-state index in [1.165, 1.54) is 16.2 Å². The molecule has 0 aliphatic heterocycles. The number of fused-ring (bicyclic) bond motifs is 3. The van der Waals surface area contributed by atoms with Crippen molar-refractivity contribution >= 4 is 32.4 Å². The molecule has 0 saturated heterocycles. The first-order valence-electron chi connectivity index (χ1n) is 12.5. The summed E-state index contributed by atoms with van der Waals surface area (Å²) in [5, 5.41) is 14.8. The second kappa shape index (κ2) is 8.96. The summed E-state index contributed by atoms with van der Waals surface area (Å²) >= 11 is 0. The van der Waals surface area contributed by atoms with Gasteiger partial charge in [0.15, 0.2) is 5.82 Å². The molecule has 0 spiro atoms. The minimum Gasteiger partial charge on any atom is -0.236 e. The molecule has 38 heavy (non-hydrogen) atoms. The molecule has 0 atom stereocenters. The maximum Gasteiger partial charge on any atom is 0.160 e. The van der Waals surface area contributed by atoms with E-state index in [2.05, 4.69) is 78.9 Å². The molecule has 6 aromatic carbocycles. The van der Waals surface area contributed by atoms with Gasteiger partial charge in [-0.1, -0.05) is 78.9 Å². The highest BCUT2D eigenvalue weighted by Gasteiger charge is 2.13. The van der Waals surface area contributed by atoms with Crippen LogP contribution in [0.3, 0.4) is 0 Å². The molecule has 7 rings (SSSR count). The third-order valence-corrected chi connectivity index (χ3v) is 7.11. The highest BCUT2D eigenvalue weighted by Crippen LogP contribution is 2.36. The molecule has 0 unspecified atom stereocenters. The van der Waals surface area contributed by atoms with Crippen LogP contribution in [0, 0.1) is 11.3 Å². The van der Waals surface area contributed by atoms with Gasteiger partial charge >= 0.3 is 0 Å². The normalized spacial score (nSPS) is 11.1. The lowest BCUT2D eigenvalue weighted by atomic mass is 9.92. The third kappa shape index (κ3) is 3.86. The Kier molecular flexibility index (Phi) is 5.17. The molecule has 0 N–H and O–H groups in total. The zero-order chi connectivity index (χ0) is 25.5. The Hall–Kier alpha value is -5.33. The number of hydrogen-bond acceptors (Lipinski definition) is 3. The van der Waals surface area contributed by atoms with Gasteiger partial charge in [0.25, 0.3) is 0 Å². The first-order chi connectivity index (χ1) is 18.7. The van der Waals surface area contributed by atoms with Gasteiger partial charge in [-0.25, -0.2) is 9.97 Å². The molecule has 1 heterocycles. The van der Waals surface area contributed by atoms with Crippen molar-refractivity contribution in [1.29, 1.82) is 5.26 Å². The Morgan fingerprint density at radius 1 is 0.500 bits per heavy atom. The molecule has 0 aliphatic carbocycles. The fourth-order valence-corrected chi connectivity index (χ4v) is 5.10. The van der Waals surface area contributed by atoms with Crippen LogP contribution in [0.2, 0.25) is 0 Å². The molecule has 176 valence electrons.